The fourth-order valence-corrected chi connectivity index (χ4v) is 12.4. The van der Waals surface area contributed by atoms with Crippen molar-refractivity contribution in [2.24, 2.45) is 40.7 Å². The van der Waals surface area contributed by atoms with Crippen LogP contribution in [0.15, 0.2) is 71.7 Å². The summed E-state index contributed by atoms with van der Waals surface area (Å²) in [4.78, 5) is 3.34. The normalized spacial score (nSPS) is 34.6. The molecule has 0 unspecified atom stereocenters. The molecule has 0 spiro atoms. The van der Waals surface area contributed by atoms with Crippen molar-refractivity contribution < 1.29 is 35.0 Å². The monoisotopic (exact) mass is 819 g/mol. The number of nitrogens with one attached hydrogen (secondary N) is 2. The van der Waals surface area contributed by atoms with Gasteiger partial charge in [-0.1, -0.05) is 71.1 Å². The number of benzene rings is 1. The predicted molar refractivity (Wildman–Crippen MR) is 227 cm³/mol. The summed E-state index contributed by atoms with van der Waals surface area (Å²) in [6.07, 6.45) is 13.3. The molecule has 5 aliphatic rings. The second kappa shape index (κ2) is 19.4. The third kappa shape index (κ3) is 9.73. The first kappa shape index (κ1) is 42.1. The molecular formula is C45H61N3O7S2. The fourth-order valence-electron chi connectivity index (χ4n) is 9.91. The van der Waals surface area contributed by atoms with Crippen LogP contribution in [0.4, 0.5) is 0 Å². The van der Waals surface area contributed by atoms with Gasteiger partial charge in [0, 0.05) is 71.2 Å². The van der Waals surface area contributed by atoms with Gasteiger partial charge >= 0.3 is 0 Å². The first-order valence-electron chi connectivity index (χ1n) is 20.9. The van der Waals surface area contributed by atoms with Gasteiger partial charge in [0.05, 0.1) is 31.5 Å². The van der Waals surface area contributed by atoms with E-state index in [1.807, 2.05) is 24.4 Å². The molecule has 3 aliphatic carbocycles. The highest BCUT2D eigenvalue weighted by molar-refractivity contribution is 8.76. The Morgan fingerprint density at radius 3 is 2.74 bits per heavy atom. The van der Waals surface area contributed by atoms with Gasteiger partial charge in [-0.15, -0.1) is 0 Å². The van der Waals surface area contributed by atoms with Crippen molar-refractivity contribution in [1.29, 1.82) is 0 Å². The van der Waals surface area contributed by atoms with Crippen molar-refractivity contribution in [3.8, 4) is 23.3 Å². The van der Waals surface area contributed by atoms with Gasteiger partial charge in [0.2, 0.25) is 0 Å². The van der Waals surface area contributed by atoms with Crippen molar-refractivity contribution in [3.63, 3.8) is 0 Å². The fraction of sp³-hybridized carbons (Fsp3) is 0.600. The number of aromatic hydroxyl groups is 1. The van der Waals surface area contributed by atoms with Crippen molar-refractivity contribution in [1.82, 2.24) is 10.3 Å². The summed E-state index contributed by atoms with van der Waals surface area (Å²) in [5.41, 5.74) is 10.6. The molecule has 2 aliphatic heterocycles. The number of fused-ring (bicyclic) bond motifs is 5. The highest BCUT2D eigenvalue weighted by Gasteiger charge is 2.44. The SMILES string of the molecule is CC[C@@]12C#C[C@@H]3C=C[C@H](c4ccc(O)c(O[C@@H]5C[C@H](Cc6ccc[nH]6)C6=CCNC(N)=C6CSSC[C@H](CO)[C@H]5O)c4)C[C@@H](O)[C@H]3[C@@H](OCCO)[C@@H](CCC1)CC2. The second-order valence-electron chi connectivity index (χ2n) is 16.7. The molecule has 1 saturated carbocycles. The lowest BCUT2D eigenvalue weighted by Gasteiger charge is -2.37. The van der Waals surface area contributed by atoms with Crippen LogP contribution in [0.25, 0.3) is 0 Å². The Hall–Kier alpha value is -3.02. The molecule has 12 heteroatoms. The van der Waals surface area contributed by atoms with Crippen molar-refractivity contribution in [2.75, 3.05) is 37.9 Å². The molecule has 57 heavy (non-hydrogen) atoms. The van der Waals surface area contributed by atoms with Gasteiger partial charge in [0.1, 0.15) is 11.9 Å². The quantitative estimate of drug-likeness (QED) is 0.0829. The van der Waals surface area contributed by atoms with Crippen molar-refractivity contribution in [2.45, 2.75) is 95.0 Å². The maximum atomic E-state index is 12.2. The maximum absolute atomic E-state index is 12.2. The Bertz CT molecular complexity index is 1810. The second-order valence-corrected chi connectivity index (χ2v) is 19.2. The molecule has 7 rings (SSSR count). The standard InChI is InChI=1S/C45H61N3O7S2/c1-2-45-14-3-5-29(12-16-45)43(54-20-19-49)41-28(11-15-45)7-8-30(22-38(41)52)31-9-10-37(51)39(23-31)55-40-24-32(21-34-6-4-17-47-34)35-13-18-48-44(46)36(35)27-57-56-26-33(25-50)42(40)53/h4,6-10,13,17,23,28-30,32-33,38,40-43,47-53H,2-3,5,12,14,16,18-22,24-27,46H2,1H3/t28-,29-,30-,32-,33-,38+,40+,41-,42+,43-,45-/m0/s1. The van der Waals surface area contributed by atoms with Crippen LogP contribution in [0, 0.1) is 46.8 Å². The lowest BCUT2D eigenvalue weighted by atomic mass is 9.75. The topological polar surface area (TPSA) is 173 Å². The van der Waals surface area contributed by atoms with Crippen LogP contribution in [0.1, 0.15) is 75.5 Å². The van der Waals surface area contributed by atoms with E-state index in [9.17, 15) is 25.5 Å². The van der Waals surface area contributed by atoms with E-state index in [1.54, 1.807) is 27.7 Å². The molecule has 3 heterocycles. The minimum absolute atomic E-state index is 0.0282. The zero-order valence-electron chi connectivity index (χ0n) is 33.0. The summed E-state index contributed by atoms with van der Waals surface area (Å²) in [6, 6.07) is 9.37. The smallest absolute Gasteiger partial charge is 0.161 e. The summed E-state index contributed by atoms with van der Waals surface area (Å²) in [5, 5.41) is 59.1. The largest absolute Gasteiger partial charge is 0.504 e. The number of aromatic nitrogens is 1. The average molecular weight is 820 g/mol. The van der Waals surface area contributed by atoms with E-state index in [0.717, 1.165) is 60.9 Å². The predicted octanol–water partition coefficient (Wildman–Crippen LogP) is 5.79. The molecule has 11 atom stereocenters. The number of rotatable bonds is 10. The van der Waals surface area contributed by atoms with Crippen LogP contribution in [0.3, 0.4) is 0 Å². The van der Waals surface area contributed by atoms with Gasteiger partial charge in [0.15, 0.2) is 11.5 Å². The summed E-state index contributed by atoms with van der Waals surface area (Å²) in [7, 11) is 3.26. The first-order chi connectivity index (χ1) is 27.7. The van der Waals surface area contributed by atoms with Crippen LogP contribution in [-0.2, 0) is 11.2 Å². The number of hydrogen-bond acceptors (Lipinski definition) is 11. The summed E-state index contributed by atoms with van der Waals surface area (Å²) in [5.74, 6) is 8.47. The minimum atomic E-state index is -1.03. The highest BCUT2D eigenvalue weighted by Crippen LogP contribution is 2.47. The van der Waals surface area contributed by atoms with Crippen LogP contribution in [0.5, 0.6) is 11.5 Å². The molecule has 1 saturated heterocycles. The molecule has 2 bridgehead atoms. The molecule has 1 aromatic heterocycles. The van der Waals surface area contributed by atoms with Gasteiger partial charge in [-0.05, 0) is 98.6 Å². The maximum Gasteiger partial charge on any atom is 0.161 e. The number of phenolic OH excluding ortho intramolecular Hbond substituents is 1. The molecule has 2 fully saturated rings. The number of hydrogen-bond donors (Lipinski definition) is 8. The van der Waals surface area contributed by atoms with E-state index >= 15 is 0 Å². The molecule has 1 aromatic carbocycles. The Balaban J connectivity index is 1.21. The van der Waals surface area contributed by atoms with E-state index in [4.69, 9.17) is 15.2 Å². The Labute approximate surface area is 345 Å². The van der Waals surface area contributed by atoms with E-state index in [1.165, 1.54) is 0 Å². The number of ether oxygens (including phenoxy) is 2. The lowest BCUT2D eigenvalue weighted by Crippen LogP contribution is -2.43. The van der Waals surface area contributed by atoms with Gasteiger partial charge in [-0.25, -0.2) is 0 Å². The first-order valence-corrected chi connectivity index (χ1v) is 23.4. The molecule has 9 N–H and O–H groups in total. The Morgan fingerprint density at radius 1 is 1.07 bits per heavy atom. The van der Waals surface area contributed by atoms with Crippen LogP contribution < -0.4 is 15.8 Å². The van der Waals surface area contributed by atoms with Crippen molar-refractivity contribution in [3.05, 3.63) is 83.0 Å². The summed E-state index contributed by atoms with van der Waals surface area (Å²) < 4.78 is 13.2. The molecule has 310 valence electrons. The van der Waals surface area contributed by atoms with E-state index in [0.29, 0.717) is 43.1 Å². The van der Waals surface area contributed by atoms with Gasteiger partial charge in [-0.2, -0.15) is 0 Å². The third-order valence-corrected chi connectivity index (χ3v) is 15.7. The third-order valence-electron chi connectivity index (χ3n) is 13.3. The summed E-state index contributed by atoms with van der Waals surface area (Å²) >= 11 is 0. The number of aliphatic hydroxyl groups excluding tert-OH is 4. The van der Waals surface area contributed by atoms with Crippen LogP contribution >= 0.6 is 21.6 Å². The van der Waals surface area contributed by atoms with Gasteiger partial charge in [0.25, 0.3) is 0 Å². The molecule has 2 aromatic rings. The average Bonchev–Trinajstić information content (AvgIpc) is 3.58. The number of dihydropyridines is 1. The van der Waals surface area contributed by atoms with Crippen LogP contribution in [0.2, 0.25) is 0 Å². The zero-order chi connectivity index (χ0) is 39.9. The number of allylic oxidation sites excluding steroid dienone is 3. The zero-order valence-corrected chi connectivity index (χ0v) is 34.7. The lowest BCUT2D eigenvalue weighted by molar-refractivity contribution is -0.0855. The number of phenols is 1. The Kier molecular flexibility index (Phi) is 14.3. The highest BCUT2D eigenvalue weighted by atomic mass is 33.1. The molecular weight excluding hydrogens is 759 g/mol. The Morgan fingerprint density at radius 2 is 1.95 bits per heavy atom. The summed E-state index contributed by atoms with van der Waals surface area (Å²) in [6.45, 7) is 2.78. The molecule has 0 radical (unpaired) electrons. The number of aliphatic hydroxyl groups is 4. The number of H-pyrrole nitrogens is 1. The van der Waals surface area contributed by atoms with E-state index < -0.39 is 24.2 Å². The minimum Gasteiger partial charge on any atom is -0.504 e. The van der Waals surface area contributed by atoms with E-state index in [2.05, 4.69) is 53.4 Å². The van der Waals surface area contributed by atoms with E-state index in [-0.39, 0.29) is 72.4 Å². The van der Waals surface area contributed by atoms with Crippen molar-refractivity contribution >= 4 is 21.6 Å². The van der Waals surface area contributed by atoms with Gasteiger partial charge < -0.3 is 51.0 Å². The van der Waals surface area contributed by atoms with Gasteiger partial charge in [-0.3, -0.25) is 0 Å². The molecule has 10 nitrogen and oxygen atoms in total. The number of nitrogens with two attached hydrogens (primary N) is 1. The molecule has 0 amide bonds. The van der Waals surface area contributed by atoms with Crippen LogP contribution in [-0.4, -0.2) is 92.8 Å². The number of aromatic amines is 1.